The molecular formula is C32H29Br2ClN4O4S. The van der Waals surface area contributed by atoms with Crippen molar-refractivity contribution in [3.8, 4) is 11.5 Å². The van der Waals surface area contributed by atoms with Crippen LogP contribution in [0.3, 0.4) is 0 Å². The zero-order chi connectivity index (χ0) is 31.2. The molecule has 2 heterocycles. The van der Waals surface area contributed by atoms with Gasteiger partial charge in [0.1, 0.15) is 19.3 Å². The lowest BCUT2D eigenvalue weighted by molar-refractivity contribution is -0.138. The van der Waals surface area contributed by atoms with Gasteiger partial charge < -0.3 is 19.5 Å². The van der Waals surface area contributed by atoms with E-state index in [0.717, 1.165) is 21.2 Å². The molecule has 1 aromatic heterocycles. The third kappa shape index (κ3) is 7.34. The van der Waals surface area contributed by atoms with Crippen LogP contribution >= 0.6 is 55.2 Å². The fraction of sp³-hybridized carbons (Fsp3) is 0.219. The Hall–Kier alpha value is -3.25. The third-order valence-electron chi connectivity index (χ3n) is 6.64. The summed E-state index contributed by atoms with van der Waals surface area (Å²) in [5.41, 5.74) is 3.71. The van der Waals surface area contributed by atoms with E-state index in [2.05, 4.69) is 43.8 Å². The number of esters is 1. The van der Waals surface area contributed by atoms with Crippen LogP contribution in [0.4, 0.5) is 5.95 Å². The van der Waals surface area contributed by atoms with E-state index in [1.54, 1.807) is 4.68 Å². The Morgan fingerprint density at radius 3 is 2.66 bits per heavy atom. The van der Waals surface area contributed by atoms with E-state index in [-0.39, 0.29) is 6.61 Å². The number of carbonyl (C=O) groups excluding carboxylic acids is 1. The minimum Gasteiger partial charge on any atom is -0.490 e. The van der Waals surface area contributed by atoms with Gasteiger partial charge in [-0.1, -0.05) is 82.3 Å². The molecular weight excluding hydrogens is 732 g/mol. The predicted octanol–water partition coefficient (Wildman–Crippen LogP) is 8.74. The van der Waals surface area contributed by atoms with Gasteiger partial charge in [-0.2, -0.15) is 4.98 Å². The summed E-state index contributed by atoms with van der Waals surface area (Å²) >= 11 is 15.0. The van der Waals surface area contributed by atoms with Crippen LogP contribution in [0, 0.1) is 0 Å². The zero-order valence-corrected chi connectivity index (χ0v) is 28.7. The SMILES string of the molecule is C=CCOC(=O)C1=C(C)Nc2nc(SCc3ccccc3Cl)nn2C1c1cc(Br)c(OCc2ccc(Br)cc2)c(OCC)c1. The lowest BCUT2D eigenvalue weighted by Gasteiger charge is -2.29. The largest absolute Gasteiger partial charge is 0.490 e. The summed E-state index contributed by atoms with van der Waals surface area (Å²) in [6.45, 7) is 8.23. The number of nitrogens with zero attached hydrogens (tertiary/aromatic N) is 3. The van der Waals surface area contributed by atoms with Gasteiger partial charge in [0.05, 0.1) is 16.7 Å². The Bertz CT molecular complexity index is 1710. The van der Waals surface area contributed by atoms with Crippen molar-refractivity contribution in [2.24, 2.45) is 0 Å². The standard InChI is InChI=1S/C32H29Br2ClN4O4S/c1-4-14-42-30(40)27-19(3)36-31-37-32(44-18-21-8-6-7-9-25(21)35)38-39(31)28(27)22-15-24(34)29(26(16-22)41-5-2)43-17-20-10-12-23(33)13-11-20/h4,6-13,15-16,28H,1,5,14,17-18H2,2-3H3,(H,36,37,38). The average Bonchev–Trinajstić information content (AvgIpc) is 3.41. The molecule has 0 saturated heterocycles. The number of carbonyl (C=O) groups is 1. The number of allylic oxidation sites excluding steroid dienone is 1. The molecule has 0 spiro atoms. The van der Waals surface area contributed by atoms with Gasteiger partial charge in [0, 0.05) is 20.9 Å². The molecule has 228 valence electrons. The molecule has 3 aromatic carbocycles. The fourth-order valence-electron chi connectivity index (χ4n) is 4.62. The van der Waals surface area contributed by atoms with Crippen molar-refractivity contribution in [3.63, 3.8) is 0 Å². The highest BCUT2D eigenvalue weighted by Gasteiger charge is 2.36. The maximum Gasteiger partial charge on any atom is 0.338 e. The molecule has 1 N–H and O–H groups in total. The van der Waals surface area contributed by atoms with Crippen LogP contribution in [0.1, 0.15) is 36.6 Å². The number of hydrogen-bond acceptors (Lipinski definition) is 8. The maximum absolute atomic E-state index is 13.4. The molecule has 1 unspecified atom stereocenters. The van der Waals surface area contributed by atoms with E-state index in [1.165, 1.54) is 17.8 Å². The summed E-state index contributed by atoms with van der Waals surface area (Å²) in [7, 11) is 0. The van der Waals surface area contributed by atoms with Crippen LogP contribution < -0.4 is 14.8 Å². The Morgan fingerprint density at radius 1 is 1.16 bits per heavy atom. The Labute approximate surface area is 282 Å². The minimum absolute atomic E-state index is 0.0716. The number of anilines is 1. The fourth-order valence-corrected chi connectivity index (χ4v) is 6.57. The molecule has 4 aromatic rings. The summed E-state index contributed by atoms with van der Waals surface area (Å²) in [6.07, 6.45) is 1.53. The molecule has 8 nitrogen and oxygen atoms in total. The van der Waals surface area contributed by atoms with Crippen molar-refractivity contribution in [1.29, 1.82) is 0 Å². The van der Waals surface area contributed by atoms with Crippen molar-refractivity contribution in [2.75, 3.05) is 18.5 Å². The van der Waals surface area contributed by atoms with Crippen LogP contribution in [0.15, 0.2) is 98.7 Å². The summed E-state index contributed by atoms with van der Waals surface area (Å²) in [5.74, 6) is 1.67. The smallest absolute Gasteiger partial charge is 0.338 e. The molecule has 12 heteroatoms. The second kappa shape index (κ2) is 14.7. The molecule has 0 fully saturated rings. The van der Waals surface area contributed by atoms with E-state index in [1.807, 2.05) is 74.5 Å². The topological polar surface area (TPSA) is 87.5 Å². The first-order valence-electron chi connectivity index (χ1n) is 13.7. The van der Waals surface area contributed by atoms with Crippen LogP contribution in [0.25, 0.3) is 0 Å². The first-order valence-corrected chi connectivity index (χ1v) is 16.7. The van der Waals surface area contributed by atoms with Gasteiger partial charge in [0.25, 0.3) is 0 Å². The highest BCUT2D eigenvalue weighted by molar-refractivity contribution is 9.10. The molecule has 0 amide bonds. The molecule has 1 aliphatic rings. The number of aromatic nitrogens is 3. The highest BCUT2D eigenvalue weighted by Crippen LogP contribution is 2.44. The first-order chi connectivity index (χ1) is 21.3. The van der Waals surface area contributed by atoms with E-state index < -0.39 is 12.0 Å². The molecule has 0 saturated carbocycles. The Balaban J connectivity index is 1.52. The van der Waals surface area contributed by atoms with Crippen LogP contribution in [-0.4, -0.2) is 33.9 Å². The van der Waals surface area contributed by atoms with Gasteiger partial charge in [0.2, 0.25) is 11.1 Å². The Kier molecular flexibility index (Phi) is 10.7. The average molecular weight is 761 g/mol. The van der Waals surface area contributed by atoms with Crippen LogP contribution in [0.5, 0.6) is 11.5 Å². The van der Waals surface area contributed by atoms with Gasteiger partial charge in [-0.25, -0.2) is 9.48 Å². The maximum atomic E-state index is 13.4. The number of halogens is 3. The zero-order valence-electron chi connectivity index (χ0n) is 24.0. The number of hydrogen-bond donors (Lipinski definition) is 1. The lowest BCUT2D eigenvalue weighted by Crippen LogP contribution is -2.29. The molecule has 1 aliphatic heterocycles. The lowest BCUT2D eigenvalue weighted by atomic mass is 9.95. The summed E-state index contributed by atoms with van der Waals surface area (Å²) in [6, 6.07) is 18.7. The van der Waals surface area contributed by atoms with E-state index >= 15 is 0 Å². The summed E-state index contributed by atoms with van der Waals surface area (Å²) in [4.78, 5) is 18.2. The number of ether oxygens (including phenoxy) is 3. The second-order valence-electron chi connectivity index (χ2n) is 9.67. The van der Waals surface area contributed by atoms with E-state index in [9.17, 15) is 4.79 Å². The number of fused-ring (bicyclic) bond motifs is 1. The quantitative estimate of drug-likeness (QED) is 0.0872. The minimum atomic E-state index is -0.665. The van der Waals surface area contributed by atoms with Crippen molar-refractivity contribution >= 4 is 67.1 Å². The van der Waals surface area contributed by atoms with Crippen LogP contribution in [-0.2, 0) is 21.9 Å². The van der Waals surface area contributed by atoms with E-state index in [4.69, 9.17) is 35.9 Å². The first kappa shape index (κ1) is 32.2. The van der Waals surface area contributed by atoms with Crippen molar-refractivity contribution in [3.05, 3.63) is 115 Å². The molecule has 0 radical (unpaired) electrons. The van der Waals surface area contributed by atoms with Crippen molar-refractivity contribution in [1.82, 2.24) is 14.8 Å². The highest BCUT2D eigenvalue weighted by atomic mass is 79.9. The van der Waals surface area contributed by atoms with Gasteiger partial charge in [-0.15, -0.1) is 5.10 Å². The number of rotatable bonds is 12. The van der Waals surface area contributed by atoms with Gasteiger partial charge in [0.15, 0.2) is 11.5 Å². The van der Waals surface area contributed by atoms with Gasteiger partial charge >= 0.3 is 5.97 Å². The van der Waals surface area contributed by atoms with Gasteiger partial charge in [-0.05, 0) is 76.8 Å². The Morgan fingerprint density at radius 2 is 1.93 bits per heavy atom. The number of nitrogens with one attached hydrogen (secondary N) is 1. The summed E-state index contributed by atoms with van der Waals surface area (Å²) < 4.78 is 21.2. The molecule has 5 rings (SSSR count). The monoisotopic (exact) mass is 758 g/mol. The second-order valence-corrected chi connectivity index (χ2v) is 12.8. The number of thioether (sulfide) groups is 1. The normalized spacial score (nSPS) is 14.1. The van der Waals surface area contributed by atoms with Crippen molar-refractivity contribution < 1.29 is 19.0 Å². The predicted molar refractivity (Wildman–Crippen MR) is 180 cm³/mol. The van der Waals surface area contributed by atoms with Crippen molar-refractivity contribution in [2.45, 2.75) is 37.4 Å². The third-order valence-corrected chi connectivity index (χ3v) is 9.02. The van der Waals surface area contributed by atoms with E-state index in [0.29, 0.717) is 62.3 Å². The molecule has 0 bridgehead atoms. The number of benzene rings is 3. The molecule has 44 heavy (non-hydrogen) atoms. The molecule has 0 aliphatic carbocycles. The van der Waals surface area contributed by atoms with Gasteiger partial charge in [-0.3, -0.25) is 0 Å². The summed E-state index contributed by atoms with van der Waals surface area (Å²) in [5, 5.41) is 9.27. The molecule has 1 atom stereocenters. The van der Waals surface area contributed by atoms with Crippen LogP contribution in [0.2, 0.25) is 5.02 Å².